The van der Waals surface area contributed by atoms with E-state index in [4.69, 9.17) is 14.5 Å². The van der Waals surface area contributed by atoms with Crippen molar-refractivity contribution in [2.45, 2.75) is 97.4 Å². The number of benzene rings is 1. The number of carbonyl (C=O) groups excluding carboxylic acids is 1. The van der Waals surface area contributed by atoms with Gasteiger partial charge in [0.15, 0.2) is 0 Å². The quantitative estimate of drug-likeness (QED) is 0.138. The van der Waals surface area contributed by atoms with Gasteiger partial charge in [-0.1, -0.05) is 63.3 Å². The van der Waals surface area contributed by atoms with E-state index in [9.17, 15) is 14.7 Å². The first-order valence-corrected chi connectivity index (χ1v) is 17.5. The van der Waals surface area contributed by atoms with E-state index in [0.29, 0.717) is 37.4 Å². The average Bonchev–Trinajstić information content (AvgIpc) is 3.23. The van der Waals surface area contributed by atoms with Gasteiger partial charge in [0.05, 0.1) is 17.7 Å². The molecule has 1 aromatic heterocycles. The van der Waals surface area contributed by atoms with Crippen molar-refractivity contribution in [1.82, 2.24) is 14.9 Å². The Morgan fingerprint density at radius 1 is 1.23 bits per heavy atom. The summed E-state index contributed by atoms with van der Waals surface area (Å²) in [6.07, 6.45) is 5.40. The van der Waals surface area contributed by atoms with Gasteiger partial charge in [-0.25, -0.2) is 9.78 Å². The lowest BCUT2D eigenvalue weighted by atomic mass is 9.91. The minimum Gasteiger partial charge on any atom is -0.481 e. The number of nitrogens with one attached hydrogen (secondary N) is 1. The lowest BCUT2D eigenvalue weighted by molar-refractivity contribution is -0.141. The van der Waals surface area contributed by atoms with Crippen LogP contribution in [0.2, 0.25) is 25.7 Å². The van der Waals surface area contributed by atoms with E-state index in [0.717, 1.165) is 23.6 Å². The lowest BCUT2D eigenvalue weighted by Crippen LogP contribution is -2.36. The van der Waals surface area contributed by atoms with Gasteiger partial charge in [0.25, 0.3) is 0 Å². The molecule has 2 N–H and O–H groups in total. The molecule has 0 saturated heterocycles. The van der Waals surface area contributed by atoms with E-state index in [-0.39, 0.29) is 6.73 Å². The molecule has 2 atom stereocenters. The summed E-state index contributed by atoms with van der Waals surface area (Å²) in [5.74, 6) is -0.631. The summed E-state index contributed by atoms with van der Waals surface area (Å²) in [4.78, 5) is 29.5. The zero-order chi connectivity index (χ0) is 29.2. The van der Waals surface area contributed by atoms with Crippen LogP contribution in [-0.4, -0.2) is 47.0 Å². The molecule has 39 heavy (non-hydrogen) atoms. The van der Waals surface area contributed by atoms with Crippen molar-refractivity contribution >= 4 is 20.1 Å². The molecule has 1 aromatic carbocycles. The molecule has 0 aliphatic carbocycles. The molecule has 0 saturated carbocycles. The van der Waals surface area contributed by atoms with E-state index in [1.54, 1.807) is 6.08 Å². The standard InChI is InChI=1S/C30H47N3O5Si/c1-9-13-23(28(34)35)19-22-15-11-12-16-24(22)26-20-33(21-37-17-18-39(6,7)8)27(31-26)25(14-10-2)32-29(36)38-30(3,4)5/h10-12,15-16,20,23,25H,2,9,13-14,17-19,21H2,1,3-8H3,(H,32,36)(H,34,35)/t23?,25-/m0/s1. The molecule has 8 nitrogen and oxygen atoms in total. The maximum Gasteiger partial charge on any atom is 0.408 e. The third-order valence-electron chi connectivity index (χ3n) is 6.19. The molecule has 2 rings (SSSR count). The van der Waals surface area contributed by atoms with Crippen LogP contribution in [0.3, 0.4) is 0 Å². The number of nitrogens with zero attached hydrogens (tertiary/aromatic N) is 2. The van der Waals surface area contributed by atoms with Gasteiger partial charge < -0.3 is 24.5 Å². The SMILES string of the molecule is C=CC[C@H](NC(=O)OC(C)(C)C)c1nc(-c2ccccc2CC(CCC)C(=O)O)cn1COCC[Si](C)(C)C. The summed E-state index contributed by atoms with van der Waals surface area (Å²) in [6.45, 7) is 19.2. The Morgan fingerprint density at radius 3 is 2.51 bits per heavy atom. The molecular weight excluding hydrogens is 510 g/mol. The first kappa shape index (κ1) is 32.3. The molecule has 0 fully saturated rings. The second kappa shape index (κ2) is 14.5. The van der Waals surface area contributed by atoms with Crippen LogP contribution in [-0.2, 0) is 27.4 Å². The van der Waals surface area contributed by atoms with Crippen molar-refractivity contribution in [1.29, 1.82) is 0 Å². The van der Waals surface area contributed by atoms with Crippen molar-refractivity contribution in [3.05, 3.63) is 54.5 Å². The molecule has 0 radical (unpaired) electrons. The predicted octanol–water partition coefficient (Wildman–Crippen LogP) is 7.05. The first-order chi connectivity index (χ1) is 18.2. The van der Waals surface area contributed by atoms with Crippen molar-refractivity contribution < 1.29 is 24.2 Å². The Balaban J connectivity index is 2.47. The zero-order valence-corrected chi connectivity index (χ0v) is 25.8. The number of imidazole rings is 1. The van der Waals surface area contributed by atoms with Crippen LogP contribution in [0, 0.1) is 5.92 Å². The van der Waals surface area contributed by atoms with E-state index < -0.39 is 37.7 Å². The predicted molar refractivity (Wildman–Crippen MR) is 158 cm³/mol. The van der Waals surface area contributed by atoms with Gasteiger partial charge in [-0.2, -0.15) is 0 Å². The minimum atomic E-state index is -1.26. The number of carboxylic acids is 1. The molecular formula is C30H47N3O5Si. The Hall–Kier alpha value is -2.91. The maximum absolute atomic E-state index is 12.7. The highest BCUT2D eigenvalue weighted by Gasteiger charge is 2.26. The highest BCUT2D eigenvalue weighted by Crippen LogP contribution is 2.29. The Morgan fingerprint density at radius 2 is 1.92 bits per heavy atom. The van der Waals surface area contributed by atoms with Crippen molar-refractivity contribution in [3.63, 3.8) is 0 Å². The van der Waals surface area contributed by atoms with Crippen molar-refractivity contribution in [3.8, 4) is 11.3 Å². The smallest absolute Gasteiger partial charge is 0.408 e. The highest BCUT2D eigenvalue weighted by molar-refractivity contribution is 6.76. The van der Waals surface area contributed by atoms with Crippen LogP contribution >= 0.6 is 0 Å². The van der Waals surface area contributed by atoms with Gasteiger partial charge in [-0.15, -0.1) is 6.58 Å². The number of carbonyl (C=O) groups is 2. The van der Waals surface area contributed by atoms with E-state index in [1.807, 2.05) is 62.7 Å². The van der Waals surface area contributed by atoms with Gasteiger partial charge in [-0.05, 0) is 51.6 Å². The maximum atomic E-state index is 12.7. The number of rotatable bonds is 15. The van der Waals surface area contributed by atoms with Gasteiger partial charge in [0, 0.05) is 26.4 Å². The third kappa shape index (κ3) is 11.0. The number of ether oxygens (including phenoxy) is 2. The normalized spacial score (nSPS) is 13.5. The van der Waals surface area contributed by atoms with Crippen LogP contribution in [0.4, 0.5) is 4.79 Å². The first-order valence-electron chi connectivity index (χ1n) is 13.8. The van der Waals surface area contributed by atoms with Crippen molar-refractivity contribution in [2.24, 2.45) is 5.92 Å². The number of aromatic nitrogens is 2. The van der Waals surface area contributed by atoms with Crippen LogP contribution in [0.25, 0.3) is 11.3 Å². The topological polar surface area (TPSA) is 103 Å². The van der Waals surface area contributed by atoms with E-state index in [2.05, 4.69) is 31.5 Å². The molecule has 1 unspecified atom stereocenters. The fourth-order valence-electron chi connectivity index (χ4n) is 4.20. The van der Waals surface area contributed by atoms with Crippen LogP contribution < -0.4 is 5.32 Å². The number of hydrogen-bond donors (Lipinski definition) is 2. The second-order valence-electron chi connectivity index (χ2n) is 12.2. The summed E-state index contributed by atoms with van der Waals surface area (Å²) in [7, 11) is -1.26. The van der Waals surface area contributed by atoms with Gasteiger partial charge in [0.2, 0.25) is 0 Å². The second-order valence-corrected chi connectivity index (χ2v) is 17.8. The molecule has 0 aliphatic heterocycles. The Labute approximate surface area is 234 Å². The van der Waals surface area contributed by atoms with Crippen LogP contribution in [0.5, 0.6) is 0 Å². The fourth-order valence-corrected chi connectivity index (χ4v) is 4.96. The van der Waals surface area contributed by atoms with Gasteiger partial charge in [-0.3, -0.25) is 4.79 Å². The summed E-state index contributed by atoms with van der Waals surface area (Å²) in [5.41, 5.74) is 1.86. The van der Waals surface area contributed by atoms with Crippen LogP contribution in [0.15, 0.2) is 43.1 Å². The summed E-state index contributed by atoms with van der Waals surface area (Å²) >= 11 is 0. The van der Waals surface area contributed by atoms with E-state index in [1.165, 1.54) is 0 Å². The summed E-state index contributed by atoms with van der Waals surface area (Å²) < 4.78 is 13.5. The number of carboxylic acid groups (broad SMARTS) is 1. The number of aliphatic carboxylic acids is 1. The monoisotopic (exact) mass is 557 g/mol. The van der Waals surface area contributed by atoms with Crippen LogP contribution in [0.1, 0.15) is 64.4 Å². The van der Waals surface area contributed by atoms with E-state index >= 15 is 0 Å². The third-order valence-corrected chi connectivity index (χ3v) is 7.89. The molecule has 1 amide bonds. The highest BCUT2D eigenvalue weighted by atomic mass is 28.3. The summed E-state index contributed by atoms with van der Waals surface area (Å²) in [6, 6.07) is 8.33. The van der Waals surface area contributed by atoms with Gasteiger partial charge >= 0.3 is 12.1 Å². The number of alkyl carbamates (subject to hydrolysis) is 1. The Kier molecular flexibility index (Phi) is 12.0. The Bertz CT molecular complexity index is 1100. The number of amides is 1. The lowest BCUT2D eigenvalue weighted by Gasteiger charge is -2.23. The van der Waals surface area contributed by atoms with Gasteiger partial charge in [0.1, 0.15) is 18.2 Å². The molecule has 0 spiro atoms. The molecule has 0 aliphatic rings. The fraction of sp³-hybridized carbons (Fsp3) is 0.567. The molecule has 2 aromatic rings. The molecule has 0 bridgehead atoms. The number of hydrogen-bond acceptors (Lipinski definition) is 5. The zero-order valence-electron chi connectivity index (χ0n) is 24.8. The van der Waals surface area contributed by atoms with Crippen molar-refractivity contribution in [2.75, 3.05) is 6.61 Å². The summed E-state index contributed by atoms with van der Waals surface area (Å²) in [5, 5.41) is 12.7. The molecule has 216 valence electrons. The average molecular weight is 558 g/mol. The largest absolute Gasteiger partial charge is 0.481 e. The molecule has 1 heterocycles. The minimum absolute atomic E-state index is 0.284. The molecule has 9 heteroatoms.